The quantitative estimate of drug-likeness (QED) is 0.0259. The lowest BCUT2D eigenvalue weighted by Crippen LogP contribution is -2.47. The summed E-state index contributed by atoms with van der Waals surface area (Å²) >= 11 is 6.69. The maximum atomic E-state index is 15.5. The summed E-state index contributed by atoms with van der Waals surface area (Å²) in [4.78, 5) is 71.2. The van der Waals surface area contributed by atoms with Crippen LogP contribution in [0.1, 0.15) is 83.0 Å². The van der Waals surface area contributed by atoms with Gasteiger partial charge >= 0.3 is 6.01 Å². The summed E-state index contributed by atoms with van der Waals surface area (Å²) in [6.45, 7) is 7.31. The molecule has 2 amide bonds. The summed E-state index contributed by atoms with van der Waals surface area (Å²) in [5, 5.41) is 43.8. The van der Waals surface area contributed by atoms with E-state index in [2.05, 4.69) is 92.1 Å². The lowest BCUT2D eigenvalue weighted by molar-refractivity contribution is -0.123. The van der Waals surface area contributed by atoms with Gasteiger partial charge in [-0.2, -0.15) is 15.5 Å². The number of tetrazole rings is 1. The smallest absolute Gasteiger partial charge is 0.316 e. The number of ether oxygens (including phenoxy) is 5. The van der Waals surface area contributed by atoms with Crippen LogP contribution in [0.25, 0.3) is 33.5 Å². The predicted molar refractivity (Wildman–Crippen MR) is 318 cm³/mol. The number of nitriles is 1. The summed E-state index contributed by atoms with van der Waals surface area (Å²) in [6.07, 6.45) is 9.00. The van der Waals surface area contributed by atoms with E-state index in [1.54, 1.807) is 42.8 Å². The topological polar surface area (TPSA) is 386 Å². The number of amides is 2. The van der Waals surface area contributed by atoms with Crippen LogP contribution in [0.2, 0.25) is 5.02 Å². The molecule has 7 heterocycles. The molecule has 2 aromatic carbocycles. The Hall–Kier alpha value is -9.87. The molecular weight excluding hydrogens is 1180 g/mol. The molecule has 8 N–H and O–H groups in total. The number of rotatable bonds is 34. The molecule has 9 rings (SSSR count). The number of nitrogens with zero attached hydrogens (tertiary/aromatic N) is 14. The monoisotopic (exact) mass is 1240 g/mol. The summed E-state index contributed by atoms with van der Waals surface area (Å²) in [7, 11) is 0. The van der Waals surface area contributed by atoms with Crippen molar-refractivity contribution in [3.8, 4) is 23.3 Å². The number of anilines is 3. The normalized spacial score (nSPS) is 12.0. The zero-order valence-corrected chi connectivity index (χ0v) is 49.1. The van der Waals surface area contributed by atoms with Gasteiger partial charge in [-0.05, 0) is 82.0 Å². The molecule has 0 unspecified atom stereocenters. The molecule has 464 valence electrons. The fraction of sp³-hybridized carbons (Fsp3) is 0.368. The number of aryl methyl sites for hydroxylation is 3. The highest BCUT2D eigenvalue weighted by Crippen LogP contribution is 2.36. The number of aromatic amines is 2. The SMILES string of the molecule is Cc1nc2cc(F)c(-c3cnc(OCCCCCn4cc(COCCOCCOCCOCCNC(=O)[C@H](CCc5nn[nH]n5)NC(=O)c5ccc(NCc6cnc7nc(N)[nH]c(=O)c7n6)cc5)nn4)nc3)nc2c(N[C@H](C)c2cc(C#N)ccc2F)c1Cl. The Morgan fingerprint density at radius 1 is 0.843 bits per heavy atom. The fourth-order valence-corrected chi connectivity index (χ4v) is 9.03. The van der Waals surface area contributed by atoms with Crippen LogP contribution in [0.15, 0.2) is 78.1 Å². The van der Waals surface area contributed by atoms with Gasteiger partial charge in [-0.3, -0.25) is 24.0 Å². The Bertz CT molecular complexity index is 3930. The number of benzene rings is 2. The molecule has 0 saturated heterocycles. The first-order valence-electron chi connectivity index (χ1n) is 28.2. The highest BCUT2D eigenvalue weighted by Gasteiger charge is 2.24. The minimum absolute atomic E-state index is 0.0409. The molecule has 0 spiro atoms. The molecule has 0 aliphatic carbocycles. The number of carbonyl (C=O) groups excluding carboxylic acids is 2. The Morgan fingerprint density at radius 2 is 1.61 bits per heavy atom. The number of halogens is 3. The maximum Gasteiger partial charge on any atom is 0.316 e. The van der Waals surface area contributed by atoms with Crippen molar-refractivity contribution in [3.63, 3.8) is 0 Å². The van der Waals surface area contributed by atoms with E-state index < -0.39 is 41.1 Å². The van der Waals surface area contributed by atoms with Crippen molar-refractivity contribution in [2.45, 2.75) is 77.7 Å². The van der Waals surface area contributed by atoms with Crippen LogP contribution < -0.4 is 37.3 Å². The molecule has 0 fully saturated rings. The van der Waals surface area contributed by atoms with Crippen molar-refractivity contribution >= 4 is 62.9 Å². The number of pyridine rings is 2. The van der Waals surface area contributed by atoms with Gasteiger partial charge in [0.2, 0.25) is 11.9 Å². The van der Waals surface area contributed by atoms with Gasteiger partial charge in [0.15, 0.2) is 22.8 Å². The van der Waals surface area contributed by atoms with Gasteiger partial charge in [0.1, 0.15) is 28.8 Å². The third-order valence-corrected chi connectivity index (χ3v) is 13.9. The van der Waals surface area contributed by atoms with Crippen LogP contribution in [0.5, 0.6) is 6.01 Å². The first-order chi connectivity index (χ1) is 43.3. The minimum Gasteiger partial charge on any atom is -0.463 e. The lowest BCUT2D eigenvalue weighted by atomic mass is 10.0. The Labute approximate surface area is 511 Å². The van der Waals surface area contributed by atoms with E-state index in [1.807, 2.05) is 12.3 Å². The van der Waals surface area contributed by atoms with Crippen molar-refractivity contribution in [3.05, 3.63) is 140 Å². The average Bonchev–Trinajstić information content (AvgIpc) is 1.51. The second-order valence-electron chi connectivity index (χ2n) is 19.9. The van der Waals surface area contributed by atoms with E-state index in [0.717, 1.165) is 19.3 Å². The number of nitrogens with two attached hydrogens (primary N) is 1. The predicted octanol–water partition coefficient (Wildman–Crippen LogP) is 5.06. The van der Waals surface area contributed by atoms with Gasteiger partial charge in [0.25, 0.3) is 11.5 Å². The Morgan fingerprint density at radius 3 is 2.36 bits per heavy atom. The van der Waals surface area contributed by atoms with Gasteiger partial charge in [-0.1, -0.05) is 22.0 Å². The van der Waals surface area contributed by atoms with Gasteiger partial charge in [-0.25, -0.2) is 38.7 Å². The third kappa shape index (κ3) is 18.1. The van der Waals surface area contributed by atoms with Crippen molar-refractivity contribution in [1.82, 2.24) is 86.1 Å². The standard InChI is InChI=1S/C57H62ClF2N21O8/c1-33(41-24-35(26-61)6-11-42(41)59)69-50-47(58)34(2)68-45-25-43(60)48(72-49(45)50)37-27-66-57(67-28-37)89-16-5-3-4-15-81-31-40(75-80-81)32-88-23-22-87-21-20-86-19-18-85-17-14-63-54(83)44(12-13-46-76-78-79-77-46)71-53(82)36-7-9-38(10-8-36)64-29-39-30-65-52-51(70-39)55(84)74-56(62)73-52/h6-11,24-25,27-28,30-31,33,44,64H,3-5,12-23,29,32H2,1-2H3,(H,63,83)(H,68,69)(H,71,82)(H,76,77,78,79)(H3,62,65,73,74,84)/t33-,44+/m1/s1. The third-order valence-electron chi connectivity index (χ3n) is 13.4. The molecule has 29 nitrogen and oxygen atoms in total. The van der Waals surface area contributed by atoms with Crippen LogP contribution in [-0.2, 0) is 49.9 Å². The number of H-pyrrole nitrogens is 2. The van der Waals surface area contributed by atoms with Gasteiger partial charge in [0.05, 0.1) is 124 Å². The molecule has 0 aliphatic heterocycles. The first-order valence-corrected chi connectivity index (χ1v) is 28.6. The largest absolute Gasteiger partial charge is 0.463 e. The van der Waals surface area contributed by atoms with Crippen LogP contribution in [-0.4, -0.2) is 153 Å². The lowest BCUT2D eigenvalue weighted by Gasteiger charge is -2.20. The van der Waals surface area contributed by atoms with E-state index in [1.165, 1.54) is 42.9 Å². The minimum atomic E-state index is -0.914. The van der Waals surface area contributed by atoms with E-state index >= 15 is 4.39 Å². The van der Waals surface area contributed by atoms with E-state index in [-0.39, 0.29) is 96.2 Å². The second kappa shape index (κ2) is 31.7. The summed E-state index contributed by atoms with van der Waals surface area (Å²) in [5.41, 5.74) is 9.48. The molecule has 9 aromatic rings. The average molecular weight is 1240 g/mol. The maximum absolute atomic E-state index is 15.5. The molecule has 32 heteroatoms. The summed E-state index contributed by atoms with van der Waals surface area (Å²) < 4.78 is 60.4. The number of hydrogen-bond donors (Lipinski definition) is 7. The van der Waals surface area contributed by atoms with Gasteiger partial charge in [-0.15, -0.1) is 15.3 Å². The van der Waals surface area contributed by atoms with Crippen molar-refractivity contribution < 1.29 is 42.1 Å². The van der Waals surface area contributed by atoms with E-state index in [0.29, 0.717) is 97.2 Å². The number of carbonyl (C=O) groups is 2. The zero-order chi connectivity index (χ0) is 62.5. The highest BCUT2D eigenvalue weighted by atomic mass is 35.5. The zero-order valence-electron chi connectivity index (χ0n) is 48.3. The molecule has 0 aliphatic rings. The molecule has 2 atom stereocenters. The van der Waals surface area contributed by atoms with Gasteiger partial charge < -0.3 is 50.7 Å². The molecule has 0 bridgehead atoms. The molecule has 7 aromatic heterocycles. The van der Waals surface area contributed by atoms with Crippen molar-refractivity contribution in [2.24, 2.45) is 0 Å². The van der Waals surface area contributed by atoms with Crippen LogP contribution in [0.3, 0.4) is 0 Å². The molecular formula is C57H62ClF2N21O8. The van der Waals surface area contributed by atoms with Gasteiger partial charge in [0, 0.05) is 60.3 Å². The van der Waals surface area contributed by atoms with Crippen molar-refractivity contribution in [1.29, 1.82) is 5.26 Å². The van der Waals surface area contributed by atoms with Crippen LogP contribution in [0.4, 0.5) is 26.1 Å². The molecule has 0 radical (unpaired) electrons. The highest BCUT2D eigenvalue weighted by molar-refractivity contribution is 6.35. The number of nitrogen functional groups attached to an aromatic ring is 1. The molecule has 0 saturated carbocycles. The second-order valence-corrected chi connectivity index (χ2v) is 20.3. The Kier molecular flexibility index (Phi) is 22.6. The van der Waals surface area contributed by atoms with Crippen molar-refractivity contribution in [2.75, 3.05) is 75.8 Å². The van der Waals surface area contributed by atoms with E-state index in [4.69, 9.17) is 41.0 Å². The molecule has 89 heavy (non-hydrogen) atoms. The number of nitrogens with one attached hydrogen (secondary N) is 6. The number of hydrogen-bond acceptors (Lipinski definition) is 24. The van der Waals surface area contributed by atoms with Crippen LogP contribution in [0, 0.1) is 29.9 Å². The fourth-order valence-electron chi connectivity index (χ4n) is 8.85. The summed E-state index contributed by atoms with van der Waals surface area (Å²) in [5.74, 6) is -1.69. The first kappa shape index (κ1) is 63.6. The Balaban J connectivity index is 0.592. The summed E-state index contributed by atoms with van der Waals surface area (Å²) in [6, 6.07) is 12.5. The number of unbranched alkanes of at least 4 members (excludes halogenated alkanes) is 2. The van der Waals surface area contributed by atoms with Crippen LogP contribution >= 0.6 is 11.6 Å². The number of aromatic nitrogens is 15. The van der Waals surface area contributed by atoms with E-state index in [9.17, 15) is 24.0 Å². The number of fused-ring (bicyclic) bond motifs is 2.